The van der Waals surface area contributed by atoms with E-state index in [9.17, 15) is 4.79 Å². The maximum Gasteiger partial charge on any atom is 0.236 e. The van der Waals surface area contributed by atoms with Gasteiger partial charge in [0.05, 0.1) is 4.83 Å². The van der Waals surface area contributed by atoms with Gasteiger partial charge in [0.15, 0.2) is 0 Å². The van der Waals surface area contributed by atoms with Gasteiger partial charge in [-0.1, -0.05) is 36.7 Å². The quantitative estimate of drug-likeness (QED) is 0.699. The molecule has 0 spiro atoms. The highest BCUT2D eigenvalue weighted by Crippen LogP contribution is 2.17. The molecular formula is C11H22BrNO. The van der Waals surface area contributed by atoms with Crippen LogP contribution in [0.1, 0.15) is 41.0 Å². The summed E-state index contributed by atoms with van der Waals surface area (Å²) in [5, 5.41) is 0. The summed E-state index contributed by atoms with van der Waals surface area (Å²) in [6, 6.07) is 0.339. The second kappa shape index (κ2) is 6.44. The van der Waals surface area contributed by atoms with Crippen LogP contribution in [0, 0.1) is 5.92 Å². The molecule has 2 atom stereocenters. The van der Waals surface area contributed by atoms with E-state index in [0.717, 1.165) is 13.0 Å². The molecule has 0 aliphatic carbocycles. The lowest BCUT2D eigenvalue weighted by Crippen LogP contribution is -2.43. The van der Waals surface area contributed by atoms with Gasteiger partial charge in [0, 0.05) is 12.6 Å². The first-order valence-electron chi connectivity index (χ1n) is 5.40. The molecule has 0 radical (unpaired) electrons. The Kier molecular flexibility index (Phi) is 6.41. The van der Waals surface area contributed by atoms with Crippen molar-refractivity contribution in [3.8, 4) is 0 Å². The van der Waals surface area contributed by atoms with Crippen LogP contribution in [0.3, 0.4) is 0 Å². The maximum absolute atomic E-state index is 12.0. The fourth-order valence-corrected chi connectivity index (χ4v) is 1.61. The smallest absolute Gasteiger partial charge is 0.236 e. The SMILES string of the molecule is CCC(C)N(CC)C(=O)C(Br)C(C)C. The molecule has 0 N–H and O–H groups in total. The zero-order valence-corrected chi connectivity index (χ0v) is 11.5. The molecule has 3 heteroatoms. The molecule has 0 fully saturated rings. The van der Waals surface area contributed by atoms with Crippen LogP contribution in [0.5, 0.6) is 0 Å². The Morgan fingerprint density at radius 3 is 2.07 bits per heavy atom. The lowest BCUT2D eigenvalue weighted by Gasteiger charge is -2.30. The number of hydrogen-bond acceptors (Lipinski definition) is 1. The van der Waals surface area contributed by atoms with E-state index in [0.29, 0.717) is 12.0 Å². The number of carbonyl (C=O) groups excluding carboxylic acids is 1. The molecule has 14 heavy (non-hydrogen) atoms. The molecule has 0 saturated carbocycles. The lowest BCUT2D eigenvalue weighted by molar-refractivity contribution is -0.133. The standard InChI is InChI=1S/C11H22BrNO/c1-6-9(5)13(7-2)11(14)10(12)8(3)4/h8-10H,6-7H2,1-5H3. The number of hydrogen-bond donors (Lipinski definition) is 0. The van der Waals surface area contributed by atoms with Gasteiger partial charge in [-0.3, -0.25) is 4.79 Å². The Morgan fingerprint density at radius 2 is 1.79 bits per heavy atom. The molecule has 2 nitrogen and oxygen atoms in total. The number of amides is 1. The van der Waals surface area contributed by atoms with E-state index >= 15 is 0 Å². The Bertz CT molecular complexity index is 182. The predicted molar refractivity (Wildman–Crippen MR) is 64.7 cm³/mol. The summed E-state index contributed by atoms with van der Waals surface area (Å²) in [5.74, 6) is 0.567. The molecular weight excluding hydrogens is 242 g/mol. The molecule has 0 aromatic rings. The molecule has 0 rings (SSSR count). The van der Waals surface area contributed by atoms with E-state index in [1.807, 2.05) is 11.8 Å². The minimum atomic E-state index is -0.0450. The van der Waals surface area contributed by atoms with Crippen LogP contribution in [0.2, 0.25) is 0 Å². The molecule has 0 aromatic heterocycles. The summed E-state index contributed by atoms with van der Waals surface area (Å²) in [5.41, 5.74) is 0. The highest BCUT2D eigenvalue weighted by molar-refractivity contribution is 9.10. The Morgan fingerprint density at radius 1 is 1.29 bits per heavy atom. The Balaban J connectivity index is 4.45. The second-order valence-corrected chi connectivity index (χ2v) is 5.01. The van der Waals surface area contributed by atoms with Crippen LogP contribution in [-0.4, -0.2) is 28.2 Å². The molecule has 84 valence electrons. The monoisotopic (exact) mass is 263 g/mol. The first-order valence-corrected chi connectivity index (χ1v) is 6.31. The first kappa shape index (κ1) is 13.9. The molecule has 2 unspecified atom stereocenters. The minimum Gasteiger partial charge on any atom is -0.339 e. The van der Waals surface area contributed by atoms with Gasteiger partial charge in [-0.15, -0.1) is 0 Å². The summed E-state index contributed by atoms with van der Waals surface area (Å²) >= 11 is 3.46. The molecule has 0 heterocycles. The third-order valence-corrected chi connectivity index (χ3v) is 4.02. The highest BCUT2D eigenvalue weighted by Gasteiger charge is 2.25. The summed E-state index contributed by atoms with van der Waals surface area (Å²) in [6.07, 6.45) is 1.01. The average molecular weight is 264 g/mol. The van der Waals surface area contributed by atoms with Gasteiger partial charge < -0.3 is 4.90 Å². The number of nitrogens with zero attached hydrogens (tertiary/aromatic N) is 1. The summed E-state index contributed by atoms with van der Waals surface area (Å²) < 4.78 is 0. The van der Waals surface area contributed by atoms with Gasteiger partial charge in [-0.05, 0) is 26.2 Å². The largest absolute Gasteiger partial charge is 0.339 e. The summed E-state index contributed by atoms with van der Waals surface area (Å²) in [4.78, 5) is 13.9. The average Bonchev–Trinajstić information content (AvgIpc) is 2.16. The van der Waals surface area contributed by atoms with Crippen LogP contribution >= 0.6 is 15.9 Å². The van der Waals surface area contributed by atoms with Crippen LogP contribution in [-0.2, 0) is 4.79 Å². The number of halogens is 1. The second-order valence-electron chi connectivity index (χ2n) is 4.03. The number of alkyl halides is 1. The summed E-state index contributed by atoms with van der Waals surface area (Å²) in [7, 11) is 0. The van der Waals surface area contributed by atoms with E-state index in [-0.39, 0.29) is 10.7 Å². The van der Waals surface area contributed by atoms with Gasteiger partial charge in [-0.2, -0.15) is 0 Å². The lowest BCUT2D eigenvalue weighted by atomic mass is 10.1. The third-order valence-electron chi connectivity index (χ3n) is 2.57. The van der Waals surface area contributed by atoms with E-state index in [1.165, 1.54) is 0 Å². The van der Waals surface area contributed by atoms with Crippen molar-refractivity contribution in [2.24, 2.45) is 5.92 Å². The van der Waals surface area contributed by atoms with E-state index in [4.69, 9.17) is 0 Å². The first-order chi connectivity index (χ1) is 6.45. The van der Waals surface area contributed by atoms with Crippen molar-refractivity contribution in [3.05, 3.63) is 0 Å². The number of carbonyl (C=O) groups is 1. The molecule has 0 saturated heterocycles. The van der Waals surface area contributed by atoms with Crippen LogP contribution in [0.25, 0.3) is 0 Å². The van der Waals surface area contributed by atoms with Crippen LogP contribution in [0.15, 0.2) is 0 Å². The van der Waals surface area contributed by atoms with Crippen molar-refractivity contribution in [2.75, 3.05) is 6.54 Å². The Hall–Kier alpha value is -0.0500. The van der Waals surface area contributed by atoms with Gasteiger partial charge in [0.25, 0.3) is 0 Å². The van der Waals surface area contributed by atoms with Crippen molar-refractivity contribution in [1.82, 2.24) is 4.90 Å². The minimum absolute atomic E-state index is 0.0450. The van der Waals surface area contributed by atoms with E-state index in [2.05, 4.69) is 43.6 Å². The van der Waals surface area contributed by atoms with Crippen molar-refractivity contribution < 1.29 is 4.79 Å². The fraction of sp³-hybridized carbons (Fsp3) is 0.909. The zero-order valence-electron chi connectivity index (χ0n) is 9.88. The number of rotatable bonds is 5. The maximum atomic E-state index is 12.0. The normalized spacial score (nSPS) is 15.4. The molecule has 0 aromatic carbocycles. The fourth-order valence-electron chi connectivity index (χ4n) is 1.35. The molecule has 0 aliphatic heterocycles. The van der Waals surface area contributed by atoms with Crippen LogP contribution in [0.4, 0.5) is 0 Å². The predicted octanol–water partition coefficient (Wildman–Crippen LogP) is 3.05. The van der Waals surface area contributed by atoms with Crippen molar-refractivity contribution in [2.45, 2.75) is 51.9 Å². The zero-order chi connectivity index (χ0) is 11.3. The van der Waals surface area contributed by atoms with Gasteiger partial charge in [0.2, 0.25) is 5.91 Å². The van der Waals surface area contributed by atoms with Crippen LogP contribution < -0.4 is 0 Å². The van der Waals surface area contributed by atoms with E-state index in [1.54, 1.807) is 0 Å². The topological polar surface area (TPSA) is 20.3 Å². The van der Waals surface area contributed by atoms with Crippen molar-refractivity contribution in [1.29, 1.82) is 0 Å². The Labute approximate surface area is 96.2 Å². The third kappa shape index (κ3) is 3.60. The van der Waals surface area contributed by atoms with Gasteiger partial charge in [-0.25, -0.2) is 0 Å². The van der Waals surface area contributed by atoms with Gasteiger partial charge >= 0.3 is 0 Å². The highest BCUT2D eigenvalue weighted by atomic mass is 79.9. The molecule has 0 aliphatic rings. The molecule has 0 bridgehead atoms. The van der Waals surface area contributed by atoms with Gasteiger partial charge in [0.1, 0.15) is 0 Å². The van der Waals surface area contributed by atoms with Crippen molar-refractivity contribution >= 4 is 21.8 Å². The van der Waals surface area contributed by atoms with E-state index < -0.39 is 0 Å². The van der Waals surface area contributed by atoms with Crippen molar-refractivity contribution in [3.63, 3.8) is 0 Å². The molecule has 1 amide bonds. The summed E-state index contributed by atoms with van der Waals surface area (Å²) in [6.45, 7) is 11.1.